The van der Waals surface area contributed by atoms with Gasteiger partial charge in [-0.1, -0.05) is 18.2 Å². The first-order valence-corrected chi connectivity index (χ1v) is 13.0. The maximum absolute atomic E-state index is 13.1. The molecular formula is C30H26FN3O2S. The molecule has 5 rings (SSSR count). The Morgan fingerprint density at radius 2 is 1.51 bits per heavy atom. The average Bonchev–Trinajstić information content (AvgIpc) is 3.23. The fourth-order valence-corrected chi connectivity index (χ4v) is 5.26. The van der Waals surface area contributed by atoms with Gasteiger partial charge in [0, 0.05) is 50.2 Å². The minimum absolute atomic E-state index is 0.0859. The summed E-state index contributed by atoms with van der Waals surface area (Å²) in [6.07, 6.45) is 0. The van der Waals surface area contributed by atoms with Crippen LogP contribution in [0.1, 0.15) is 24.2 Å². The van der Waals surface area contributed by atoms with Crippen molar-refractivity contribution in [1.29, 1.82) is 0 Å². The molecule has 0 aliphatic rings. The lowest BCUT2D eigenvalue weighted by Gasteiger charge is -2.13. The zero-order valence-corrected chi connectivity index (χ0v) is 21.3. The number of carbonyl (C=O) groups excluding carboxylic acids is 2. The highest BCUT2D eigenvalue weighted by Gasteiger charge is 2.16. The van der Waals surface area contributed by atoms with Gasteiger partial charge in [-0.2, -0.15) is 0 Å². The van der Waals surface area contributed by atoms with Crippen molar-refractivity contribution in [3.63, 3.8) is 0 Å². The van der Waals surface area contributed by atoms with Crippen LogP contribution in [0.4, 0.5) is 15.8 Å². The number of thioether (sulfide) groups is 1. The molecule has 1 unspecified atom stereocenters. The number of fused-ring (bicyclic) bond motifs is 3. The summed E-state index contributed by atoms with van der Waals surface area (Å²) in [5, 5.41) is 7.81. The molecule has 1 heterocycles. The Kier molecular flexibility index (Phi) is 6.97. The fraction of sp³-hybridized carbons (Fsp3) is 0.133. The smallest absolute Gasteiger partial charge is 0.255 e. The largest absolute Gasteiger partial charge is 0.341 e. The van der Waals surface area contributed by atoms with Crippen molar-refractivity contribution in [3.8, 4) is 0 Å². The van der Waals surface area contributed by atoms with Crippen molar-refractivity contribution >= 4 is 56.8 Å². The number of anilines is 2. The molecule has 0 aliphatic carbocycles. The highest BCUT2D eigenvalue weighted by Crippen LogP contribution is 2.32. The Labute approximate surface area is 218 Å². The third-order valence-corrected chi connectivity index (χ3v) is 7.37. The van der Waals surface area contributed by atoms with Gasteiger partial charge >= 0.3 is 0 Å². The van der Waals surface area contributed by atoms with E-state index in [9.17, 15) is 14.0 Å². The summed E-state index contributed by atoms with van der Waals surface area (Å²) in [6.45, 7) is 4.87. The van der Waals surface area contributed by atoms with Gasteiger partial charge in [-0.3, -0.25) is 9.59 Å². The number of halogens is 1. The van der Waals surface area contributed by atoms with Gasteiger partial charge in [0.05, 0.1) is 5.25 Å². The quantitative estimate of drug-likeness (QED) is 0.225. The standard InChI is InChI=1S/C30H26FN3O2S/c1-3-34-27-7-5-4-6-25(27)26-18-23(14-17-28(26)34)33-29(35)19(2)37-24-15-12-22(13-16-24)32-30(36)20-8-10-21(31)11-9-20/h4-19H,3H2,1-2H3,(H,32,36)(H,33,35). The molecule has 7 heteroatoms. The van der Waals surface area contributed by atoms with Crippen LogP contribution >= 0.6 is 11.8 Å². The number of amides is 2. The van der Waals surface area contributed by atoms with Gasteiger partial charge in [0.1, 0.15) is 5.82 Å². The topological polar surface area (TPSA) is 63.1 Å². The first-order chi connectivity index (χ1) is 17.9. The molecule has 5 nitrogen and oxygen atoms in total. The molecule has 1 aromatic heterocycles. The van der Waals surface area contributed by atoms with Crippen LogP contribution in [-0.2, 0) is 11.3 Å². The number of hydrogen-bond donors (Lipinski definition) is 2. The van der Waals surface area contributed by atoms with Crippen molar-refractivity contribution in [1.82, 2.24) is 4.57 Å². The Morgan fingerprint density at radius 1 is 0.838 bits per heavy atom. The summed E-state index contributed by atoms with van der Waals surface area (Å²) in [5.74, 6) is -0.787. The summed E-state index contributed by atoms with van der Waals surface area (Å²) in [7, 11) is 0. The number of aryl methyl sites for hydroxylation is 1. The van der Waals surface area contributed by atoms with Gasteiger partial charge in [-0.25, -0.2) is 4.39 Å². The first kappa shape index (κ1) is 24.6. The summed E-state index contributed by atoms with van der Waals surface area (Å²) in [6, 6.07) is 27.0. The molecule has 0 fully saturated rings. The number of hydrogen-bond acceptors (Lipinski definition) is 3. The van der Waals surface area contributed by atoms with Gasteiger partial charge in [0.25, 0.3) is 5.91 Å². The number of aromatic nitrogens is 1. The summed E-state index contributed by atoms with van der Waals surface area (Å²) in [4.78, 5) is 26.2. The van der Waals surface area contributed by atoms with Crippen LogP contribution in [-0.4, -0.2) is 21.6 Å². The molecular weight excluding hydrogens is 485 g/mol. The van der Waals surface area contributed by atoms with Crippen molar-refractivity contribution < 1.29 is 14.0 Å². The second-order valence-electron chi connectivity index (χ2n) is 8.73. The molecule has 37 heavy (non-hydrogen) atoms. The van der Waals surface area contributed by atoms with Gasteiger partial charge in [-0.05, 0) is 86.6 Å². The third kappa shape index (κ3) is 5.22. The summed E-state index contributed by atoms with van der Waals surface area (Å²) < 4.78 is 15.4. The molecule has 186 valence electrons. The van der Waals surface area contributed by atoms with Gasteiger partial charge in [-0.15, -0.1) is 11.8 Å². The van der Waals surface area contributed by atoms with Crippen LogP contribution in [0.2, 0.25) is 0 Å². The second kappa shape index (κ2) is 10.5. The molecule has 0 aliphatic heterocycles. The second-order valence-corrected chi connectivity index (χ2v) is 10.1. The number of nitrogens with zero attached hydrogens (tertiary/aromatic N) is 1. The van der Waals surface area contributed by atoms with E-state index in [1.165, 1.54) is 46.9 Å². The predicted octanol–water partition coefficient (Wildman–Crippen LogP) is 7.33. The minimum atomic E-state index is -0.388. The lowest BCUT2D eigenvalue weighted by molar-refractivity contribution is -0.115. The fourth-order valence-electron chi connectivity index (χ4n) is 4.40. The molecule has 2 amide bonds. The van der Waals surface area contributed by atoms with E-state index in [4.69, 9.17) is 0 Å². The van der Waals surface area contributed by atoms with Crippen LogP contribution in [0.5, 0.6) is 0 Å². The van der Waals surface area contributed by atoms with Crippen molar-refractivity contribution in [2.24, 2.45) is 0 Å². The normalized spacial score (nSPS) is 12.0. The Hall–Kier alpha value is -4.10. The zero-order valence-electron chi connectivity index (χ0n) is 20.5. The number of carbonyl (C=O) groups is 2. The van der Waals surface area contributed by atoms with Crippen LogP contribution in [0.25, 0.3) is 21.8 Å². The van der Waals surface area contributed by atoms with E-state index in [0.29, 0.717) is 11.3 Å². The molecule has 0 spiro atoms. The average molecular weight is 512 g/mol. The van der Waals surface area contributed by atoms with Crippen LogP contribution in [0.3, 0.4) is 0 Å². The van der Waals surface area contributed by atoms with E-state index in [1.807, 2.05) is 43.3 Å². The number of rotatable bonds is 7. The summed E-state index contributed by atoms with van der Waals surface area (Å²) in [5.41, 5.74) is 4.10. The van der Waals surface area contributed by atoms with E-state index >= 15 is 0 Å². The third-order valence-electron chi connectivity index (χ3n) is 6.26. The van der Waals surface area contributed by atoms with Gasteiger partial charge in [0.2, 0.25) is 5.91 Å². The summed E-state index contributed by atoms with van der Waals surface area (Å²) >= 11 is 1.44. The van der Waals surface area contributed by atoms with Crippen LogP contribution in [0.15, 0.2) is 95.9 Å². The Morgan fingerprint density at radius 3 is 2.24 bits per heavy atom. The molecule has 0 radical (unpaired) electrons. The van der Waals surface area contributed by atoms with Crippen LogP contribution < -0.4 is 10.6 Å². The van der Waals surface area contributed by atoms with Gasteiger partial charge in [0.15, 0.2) is 0 Å². The number of para-hydroxylation sites is 1. The molecule has 1 atom stereocenters. The molecule has 0 bridgehead atoms. The molecule has 5 aromatic rings. The highest BCUT2D eigenvalue weighted by atomic mass is 32.2. The van der Waals surface area contributed by atoms with E-state index in [1.54, 1.807) is 12.1 Å². The van der Waals surface area contributed by atoms with E-state index in [0.717, 1.165) is 28.0 Å². The lowest BCUT2D eigenvalue weighted by Crippen LogP contribution is -2.22. The highest BCUT2D eigenvalue weighted by molar-refractivity contribution is 8.00. The zero-order chi connectivity index (χ0) is 25.9. The number of benzene rings is 4. The molecule has 0 saturated heterocycles. The van der Waals surface area contributed by atoms with Crippen molar-refractivity contribution in [3.05, 3.63) is 102 Å². The SMILES string of the molecule is CCn1c2ccccc2c2cc(NC(=O)C(C)Sc3ccc(NC(=O)c4ccc(F)cc4)cc3)ccc21. The van der Waals surface area contributed by atoms with Crippen LogP contribution in [0, 0.1) is 5.82 Å². The maximum Gasteiger partial charge on any atom is 0.255 e. The Bertz CT molecular complexity index is 1590. The van der Waals surface area contributed by atoms with E-state index < -0.39 is 0 Å². The van der Waals surface area contributed by atoms with Crippen molar-refractivity contribution in [2.75, 3.05) is 10.6 Å². The van der Waals surface area contributed by atoms with Gasteiger partial charge < -0.3 is 15.2 Å². The maximum atomic E-state index is 13.1. The molecule has 0 saturated carbocycles. The minimum Gasteiger partial charge on any atom is -0.341 e. The Balaban J connectivity index is 1.23. The van der Waals surface area contributed by atoms with Crippen molar-refractivity contribution in [2.45, 2.75) is 30.5 Å². The predicted molar refractivity (Wildman–Crippen MR) is 150 cm³/mol. The van der Waals surface area contributed by atoms with E-state index in [-0.39, 0.29) is 22.9 Å². The molecule has 4 aromatic carbocycles. The molecule has 2 N–H and O–H groups in total. The number of nitrogens with one attached hydrogen (secondary N) is 2. The monoisotopic (exact) mass is 511 g/mol. The lowest BCUT2D eigenvalue weighted by atomic mass is 10.1. The van der Waals surface area contributed by atoms with E-state index in [2.05, 4.69) is 40.3 Å². The first-order valence-electron chi connectivity index (χ1n) is 12.1.